The standard InChI is InChI=1S/C10H17N3O2S/c1-9-7-12-5-2-3-10(12)8-13(9)16(14,15)6-4-11/h9-10H,2-3,5-8H2,1H3. The lowest BCUT2D eigenvalue weighted by Crippen LogP contribution is -2.56. The summed E-state index contributed by atoms with van der Waals surface area (Å²) in [5, 5.41) is 8.54. The third-order valence-electron chi connectivity index (χ3n) is 3.48. The quantitative estimate of drug-likeness (QED) is 0.685. The van der Waals surface area contributed by atoms with Crippen molar-refractivity contribution in [3.8, 4) is 6.07 Å². The van der Waals surface area contributed by atoms with Gasteiger partial charge in [0.25, 0.3) is 0 Å². The van der Waals surface area contributed by atoms with Crippen molar-refractivity contribution in [2.24, 2.45) is 0 Å². The third-order valence-corrected chi connectivity index (χ3v) is 5.20. The molecule has 0 amide bonds. The Morgan fingerprint density at radius 3 is 2.88 bits per heavy atom. The second-order valence-corrected chi connectivity index (χ2v) is 6.55. The van der Waals surface area contributed by atoms with Crippen molar-refractivity contribution in [1.29, 1.82) is 5.26 Å². The lowest BCUT2D eigenvalue weighted by Gasteiger charge is -2.40. The van der Waals surface area contributed by atoms with Crippen LogP contribution < -0.4 is 0 Å². The average Bonchev–Trinajstić information content (AvgIpc) is 2.63. The summed E-state index contributed by atoms with van der Waals surface area (Å²) in [6, 6.07) is 2.10. The van der Waals surface area contributed by atoms with Gasteiger partial charge in [-0.2, -0.15) is 9.57 Å². The molecule has 2 unspecified atom stereocenters. The van der Waals surface area contributed by atoms with E-state index in [1.807, 2.05) is 6.92 Å². The summed E-state index contributed by atoms with van der Waals surface area (Å²) in [4.78, 5) is 2.36. The monoisotopic (exact) mass is 243 g/mol. The summed E-state index contributed by atoms with van der Waals surface area (Å²) >= 11 is 0. The number of nitrogens with zero attached hydrogens (tertiary/aromatic N) is 3. The minimum absolute atomic E-state index is 0.00676. The van der Waals surface area contributed by atoms with Gasteiger partial charge in [0.15, 0.2) is 5.75 Å². The zero-order valence-corrected chi connectivity index (χ0v) is 10.3. The first kappa shape index (κ1) is 11.8. The zero-order valence-electron chi connectivity index (χ0n) is 9.46. The molecular weight excluding hydrogens is 226 g/mol. The van der Waals surface area contributed by atoms with Gasteiger partial charge in [-0.15, -0.1) is 0 Å². The first-order chi connectivity index (χ1) is 7.54. The minimum Gasteiger partial charge on any atom is -0.297 e. The Bertz CT molecular complexity index is 401. The van der Waals surface area contributed by atoms with Crippen LogP contribution in [0.25, 0.3) is 0 Å². The number of nitriles is 1. The molecule has 2 rings (SSSR count). The number of fused-ring (bicyclic) bond motifs is 1. The Labute approximate surface area is 96.7 Å². The van der Waals surface area contributed by atoms with E-state index in [1.165, 1.54) is 4.31 Å². The smallest absolute Gasteiger partial charge is 0.227 e. The van der Waals surface area contributed by atoms with Crippen LogP contribution in [0.1, 0.15) is 19.8 Å². The molecule has 2 aliphatic heterocycles. The van der Waals surface area contributed by atoms with Gasteiger partial charge in [0, 0.05) is 25.2 Å². The highest BCUT2D eigenvalue weighted by atomic mass is 32.2. The molecule has 0 radical (unpaired) electrons. The van der Waals surface area contributed by atoms with Crippen LogP contribution in [0.5, 0.6) is 0 Å². The molecule has 5 nitrogen and oxygen atoms in total. The first-order valence-electron chi connectivity index (χ1n) is 5.65. The molecule has 16 heavy (non-hydrogen) atoms. The van der Waals surface area contributed by atoms with E-state index in [0.717, 1.165) is 25.9 Å². The van der Waals surface area contributed by atoms with Crippen LogP contribution in [0.15, 0.2) is 0 Å². The maximum Gasteiger partial charge on any atom is 0.227 e. The van der Waals surface area contributed by atoms with Gasteiger partial charge in [-0.1, -0.05) is 0 Å². The molecule has 2 atom stereocenters. The normalized spacial score (nSPS) is 32.2. The highest BCUT2D eigenvalue weighted by molar-refractivity contribution is 7.89. The molecule has 2 saturated heterocycles. The summed E-state index contributed by atoms with van der Waals surface area (Å²) in [5.41, 5.74) is 0. The van der Waals surface area contributed by atoms with E-state index in [0.29, 0.717) is 12.6 Å². The lowest BCUT2D eigenvalue weighted by molar-refractivity contribution is 0.117. The van der Waals surface area contributed by atoms with Gasteiger partial charge in [-0.05, 0) is 26.3 Å². The molecule has 0 aromatic carbocycles. The minimum atomic E-state index is -3.38. The van der Waals surface area contributed by atoms with Crippen molar-refractivity contribution >= 4 is 10.0 Å². The largest absolute Gasteiger partial charge is 0.297 e. The average molecular weight is 243 g/mol. The van der Waals surface area contributed by atoms with Crippen LogP contribution in [0.3, 0.4) is 0 Å². The van der Waals surface area contributed by atoms with Gasteiger partial charge >= 0.3 is 0 Å². The Morgan fingerprint density at radius 2 is 2.19 bits per heavy atom. The van der Waals surface area contributed by atoms with E-state index in [9.17, 15) is 8.42 Å². The molecule has 0 aromatic rings. The summed E-state index contributed by atoms with van der Waals surface area (Å²) in [6.45, 7) is 4.37. The fourth-order valence-corrected chi connectivity index (χ4v) is 4.06. The van der Waals surface area contributed by atoms with Crippen LogP contribution in [0.2, 0.25) is 0 Å². The van der Waals surface area contributed by atoms with Crippen molar-refractivity contribution in [1.82, 2.24) is 9.21 Å². The molecule has 0 saturated carbocycles. The fraction of sp³-hybridized carbons (Fsp3) is 0.900. The predicted molar refractivity (Wildman–Crippen MR) is 60.2 cm³/mol. The van der Waals surface area contributed by atoms with Gasteiger partial charge in [0.05, 0.1) is 6.07 Å². The molecule has 90 valence electrons. The van der Waals surface area contributed by atoms with Crippen molar-refractivity contribution in [3.05, 3.63) is 0 Å². The Hall–Kier alpha value is -0.640. The summed E-state index contributed by atoms with van der Waals surface area (Å²) in [7, 11) is -3.38. The van der Waals surface area contributed by atoms with Crippen LogP contribution in [-0.4, -0.2) is 55.1 Å². The SMILES string of the molecule is CC1CN2CCCC2CN1S(=O)(=O)CC#N. The molecule has 6 heteroatoms. The molecule has 2 fully saturated rings. The van der Waals surface area contributed by atoms with Gasteiger partial charge < -0.3 is 0 Å². The molecular formula is C10H17N3O2S. The van der Waals surface area contributed by atoms with Crippen molar-refractivity contribution < 1.29 is 8.42 Å². The number of hydrogen-bond acceptors (Lipinski definition) is 4. The maximum atomic E-state index is 11.9. The van der Waals surface area contributed by atoms with Crippen LogP contribution in [-0.2, 0) is 10.0 Å². The van der Waals surface area contributed by atoms with Crippen LogP contribution >= 0.6 is 0 Å². The van der Waals surface area contributed by atoms with E-state index in [1.54, 1.807) is 6.07 Å². The van der Waals surface area contributed by atoms with Crippen molar-refractivity contribution in [2.75, 3.05) is 25.4 Å². The molecule has 0 spiro atoms. The van der Waals surface area contributed by atoms with E-state index >= 15 is 0 Å². The molecule has 0 aliphatic carbocycles. The van der Waals surface area contributed by atoms with Gasteiger partial charge in [0.2, 0.25) is 10.0 Å². The highest BCUT2D eigenvalue weighted by Gasteiger charge is 2.39. The zero-order chi connectivity index (χ0) is 11.8. The predicted octanol–water partition coefficient (Wildman–Crippen LogP) is 0.00828. The third kappa shape index (κ3) is 2.08. The van der Waals surface area contributed by atoms with Gasteiger partial charge in [0.1, 0.15) is 0 Å². The van der Waals surface area contributed by atoms with E-state index < -0.39 is 15.8 Å². The van der Waals surface area contributed by atoms with Crippen LogP contribution in [0, 0.1) is 11.3 Å². The lowest BCUT2D eigenvalue weighted by atomic mass is 10.1. The Morgan fingerprint density at radius 1 is 1.44 bits per heavy atom. The molecule has 0 N–H and O–H groups in total. The number of rotatable bonds is 2. The molecule has 2 heterocycles. The second kappa shape index (κ2) is 4.32. The number of piperazine rings is 1. The van der Waals surface area contributed by atoms with Gasteiger partial charge in [-0.25, -0.2) is 8.42 Å². The maximum absolute atomic E-state index is 11.9. The van der Waals surface area contributed by atoms with E-state index in [-0.39, 0.29) is 6.04 Å². The van der Waals surface area contributed by atoms with Crippen molar-refractivity contribution in [2.45, 2.75) is 31.8 Å². The number of hydrogen-bond donors (Lipinski definition) is 0. The number of sulfonamides is 1. The van der Waals surface area contributed by atoms with E-state index in [4.69, 9.17) is 5.26 Å². The van der Waals surface area contributed by atoms with E-state index in [2.05, 4.69) is 4.90 Å². The summed E-state index contributed by atoms with van der Waals surface area (Å²) in [5.74, 6) is -0.399. The summed E-state index contributed by atoms with van der Waals surface area (Å²) in [6.07, 6.45) is 2.23. The van der Waals surface area contributed by atoms with Crippen LogP contribution in [0.4, 0.5) is 0 Å². The Kier molecular flexibility index (Phi) is 3.19. The highest BCUT2D eigenvalue weighted by Crippen LogP contribution is 2.26. The topological polar surface area (TPSA) is 64.4 Å². The molecule has 2 aliphatic rings. The molecule has 0 bridgehead atoms. The van der Waals surface area contributed by atoms with Gasteiger partial charge in [-0.3, -0.25) is 4.90 Å². The van der Waals surface area contributed by atoms with Crippen molar-refractivity contribution in [3.63, 3.8) is 0 Å². The fourth-order valence-electron chi connectivity index (χ4n) is 2.71. The summed E-state index contributed by atoms with van der Waals surface area (Å²) < 4.78 is 25.3. The first-order valence-corrected chi connectivity index (χ1v) is 7.26. The Balaban J connectivity index is 2.14. The second-order valence-electron chi connectivity index (χ2n) is 4.62. The molecule has 0 aromatic heterocycles.